The third-order valence-electron chi connectivity index (χ3n) is 3.08. The topological polar surface area (TPSA) is 78.0 Å². The van der Waals surface area contributed by atoms with E-state index in [-0.39, 0.29) is 11.7 Å². The van der Waals surface area contributed by atoms with E-state index < -0.39 is 0 Å². The minimum atomic E-state index is -0.218. The predicted octanol–water partition coefficient (Wildman–Crippen LogP) is 3.03. The molecule has 1 amide bonds. The van der Waals surface area contributed by atoms with Gasteiger partial charge in [-0.15, -0.1) is 0 Å². The van der Waals surface area contributed by atoms with Gasteiger partial charge in [-0.05, 0) is 48.0 Å². The number of aromatic nitrogens is 2. The van der Waals surface area contributed by atoms with Gasteiger partial charge in [0.1, 0.15) is 5.75 Å². The number of phenols is 1. The summed E-state index contributed by atoms with van der Waals surface area (Å²) in [5, 5.41) is 18.8. The first kappa shape index (κ1) is 12.9. The SMILES string of the molecule is O=C(Nc1ccc(-c2ccn[nH]2)cc1)c1ccc(O)cc1. The summed E-state index contributed by atoms with van der Waals surface area (Å²) < 4.78 is 0. The van der Waals surface area contributed by atoms with Crippen molar-refractivity contribution in [1.82, 2.24) is 10.2 Å². The zero-order chi connectivity index (χ0) is 14.7. The first-order chi connectivity index (χ1) is 10.2. The molecule has 0 radical (unpaired) electrons. The number of rotatable bonds is 3. The molecule has 0 fully saturated rings. The molecule has 1 heterocycles. The molecule has 0 unspecified atom stereocenters. The molecule has 0 aliphatic carbocycles. The quantitative estimate of drug-likeness (QED) is 0.689. The van der Waals surface area contributed by atoms with Crippen molar-refractivity contribution in [3.63, 3.8) is 0 Å². The maximum atomic E-state index is 12.0. The Kier molecular flexibility index (Phi) is 3.39. The highest BCUT2D eigenvalue weighted by Crippen LogP contribution is 2.19. The first-order valence-corrected chi connectivity index (χ1v) is 6.42. The first-order valence-electron chi connectivity index (χ1n) is 6.42. The number of amides is 1. The number of carbonyl (C=O) groups excluding carboxylic acids is 1. The van der Waals surface area contributed by atoms with E-state index in [9.17, 15) is 9.90 Å². The van der Waals surface area contributed by atoms with Crippen molar-refractivity contribution in [3.05, 3.63) is 66.4 Å². The third-order valence-corrected chi connectivity index (χ3v) is 3.08. The number of H-pyrrole nitrogens is 1. The molecule has 1 aromatic heterocycles. The van der Waals surface area contributed by atoms with Gasteiger partial charge in [-0.1, -0.05) is 12.1 Å². The Morgan fingerprint density at radius 3 is 2.33 bits per heavy atom. The summed E-state index contributed by atoms with van der Waals surface area (Å²) >= 11 is 0. The standard InChI is InChI=1S/C16H13N3O2/c20-14-7-3-12(4-8-14)16(21)18-13-5-1-11(2-6-13)15-9-10-17-19-15/h1-10,20H,(H,17,19)(H,18,21). The number of aromatic hydroxyl groups is 1. The van der Waals surface area contributed by atoms with E-state index in [1.807, 2.05) is 30.3 Å². The van der Waals surface area contributed by atoms with Crippen LogP contribution in [0.2, 0.25) is 0 Å². The fraction of sp³-hybridized carbons (Fsp3) is 0. The van der Waals surface area contributed by atoms with Crippen LogP contribution in [0.3, 0.4) is 0 Å². The van der Waals surface area contributed by atoms with Crippen LogP contribution in [0.15, 0.2) is 60.8 Å². The molecule has 0 aliphatic heterocycles. The van der Waals surface area contributed by atoms with Gasteiger partial charge in [-0.25, -0.2) is 0 Å². The number of nitrogens with one attached hydrogen (secondary N) is 2. The number of hydrogen-bond donors (Lipinski definition) is 3. The molecule has 0 bridgehead atoms. The molecule has 5 heteroatoms. The van der Waals surface area contributed by atoms with Gasteiger partial charge in [0.2, 0.25) is 0 Å². The summed E-state index contributed by atoms with van der Waals surface area (Å²) in [4.78, 5) is 12.0. The molecule has 3 rings (SSSR count). The third kappa shape index (κ3) is 2.92. The number of hydrogen-bond acceptors (Lipinski definition) is 3. The largest absolute Gasteiger partial charge is 0.508 e. The molecule has 21 heavy (non-hydrogen) atoms. The smallest absolute Gasteiger partial charge is 0.255 e. The summed E-state index contributed by atoms with van der Waals surface area (Å²) in [6.45, 7) is 0. The molecule has 5 nitrogen and oxygen atoms in total. The van der Waals surface area contributed by atoms with Crippen LogP contribution in [0.25, 0.3) is 11.3 Å². The monoisotopic (exact) mass is 279 g/mol. The van der Waals surface area contributed by atoms with Crippen LogP contribution in [0.1, 0.15) is 10.4 Å². The molecule has 3 aromatic rings. The minimum absolute atomic E-state index is 0.135. The lowest BCUT2D eigenvalue weighted by Crippen LogP contribution is -2.11. The van der Waals surface area contributed by atoms with Crippen LogP contribution in [0.4, 0.5) is 5.69 Å². The molecule has 0 aliphatic rings. The fourth-order valence-corrected chi connectivity index (χ4v) is 1.97. The van der Waals surface area contributed by atoms with E-state index in [1.54, 1.807) is 18.3 Å². The lowest BCUT2D eigenvalue weighted by atomic mass is 10.1. The highest BCUT2D eigenvalue weighted by Gasteiger charge is 2.06. The molecule has 0 spiro atoms. The van der Waals surface area contributed by atoms with Gasteiger partial charge in [0.05, 0.1) is 5.69 Å². The fourth-order valence-electron chi connectivity index (χ4n) is 1.97. The van der Waals surface area contributed by atoms with Crippen molar-refractivity contribution in [3.8, 4) is 17.0 Å². The van der Waals surface area contributed by atoms with Gasteiger partial charge in [0.15, 0.2) is 0 Å². The van der Waals surface area contributed by atoms with Gasteiger partial charge in [0, 0.05) is 17.4 Å². The van der Waals surface area contributed by atoms with Crippen LogP contribution >= 0.6 is 0 Å². The van der Waals surface area contributed by atoms with Crippen LogP contribution < -0.4 is 5.32 Å². The van der Waals surface area contributed by atoms with Crippen molar-refractivity contribution >= 4 is 11.6 Å². The van der Waals surface area contributed by atoms with Gasteiger partial charge >= 0.3 is 0 Å². The second kappa shape index (κ2) is 5.50. The Balaban J connectivity index is 1.73. The summed E-state index contributed by atoms with van der Waals surface area (Å²) in [7, 11) is 0. The summed E-state index contributed by atoms with van der Waals surface area (Å²) in [6.07, 6.45) is 1.69. The molecular weight excluding hydrogens is 266 g/mol. The van der Waals surface area contributed by atoms with Gasteiger partial charge in [0.25, 0.3) is 5.91 Å². The maximum absolute atomic E-state index is 12.0. The Morgan fingerprint density at radius 2 is 1.71 bits per heavy atom. The Hall–Kier alpha value is -3.08. The number of benzene rings is 2. The average Bonchev–Trinajstić information content (AvgIpc) is 3.03. The van der Waals surface area contributed by atoms with Crippen molar-refractivity contribution in [2.24, 2.45) is 0 Å². The summed E-state index contributed by atoms with van der Waals surface area (Å²) in [5.74, 6) is -0.0836. The highest BCUT2D eigenvalue weighted by molar-refractivity contribution is 6.04. The summed E-state index contributed by atoms with van der Waals surface area (Å²) in [6, 6.07) is 15.5. The molecule has 0 atom stereocenters. The molecule has 3 N–H and O–H groups in total. The molecule has 2 aromatic carbocycles. The molecule has 0 saturated carbocycles. The summed E-state index contributed by atoms with van der Waals surface area (Å²) in [5.41, 5.74) is 3.11. The van der Waals surface area contributed by atoms with Crippen LogP contribution in [0.5, 0.6) is 5.75 Å². The zero-order valence-corrected chi connectivity index (χ0v) is 11.1. The average molecular weight is 279 g/mol. The number of aromatic amines is 1. The zero-order valence-electron chi connectivity index (χ0n) is 11.1. The van der Waals surface area contributed by atoms with Crippen molar-refractivity contribution < 1.29 is 9.90 Å². The van der Waals surface area contributed by atoms with Crippen molar-refractivity contribution in [2.75, 3.05) is 5.32 Å². The van der Waals surface area contributed by atoms with E-state index >= 15 is 0 Å². The van der Waals surface area contributed by atoms with Gasteiger partial charge in [-0.2, -0.15) is 5.10 Å². The van der Waals surface area contributed by atoms with E-state index in [0.717, 1.165) is 11.3 Å². The predicted molar refractivity (Wildman–Crippen MR) is 80.1 cm³/mol. The molecular formula is C16H13N3O2. The number of anilines is 1. The lowest BCUT2D eigenvalue weighted by Gasteiger charge is -2.06. The van der Waals surface area contributed by atoms with E-state index in [2.05, 4.69) is 15.5 Å². The Morgan fingerprint density at radius 1 is 1.00 bits per heavy atom. The normalized spacial score (nSPS) is 10.3. The molecule has 104 valence electrons. The Bertz CT molecular complexity index is 732. The van der Waals surface area contributed by atoms with Crippen molar-refractivity contribution in [1.29, 1.82) is 0 Å². The van der Waals surface area contributed by atoms with E-state index in [4.69, 9.17) is 0 Å². The number of carbonyl (C=O) groups is 1. The highest BCUT2D eigenvalue weighted by atomic mass is 16.3. The van der Waals surface area contributed by atoms with Crippen LogP contribution in [-0.4, -0.2) is 21.2 Å². The maximum Gasteiger partial charge on any atom is 0.255 e. The van der Waals surface area contributed by atoms with E-state index in [0.29, 0.717) is 11.3 Å². The number of nitrogens with zero attached hydrogens (tertiary/aromatic N) is 1. The lowest BCUT2D eigenvalue weighted by molar-refractivity contribution is 0.102. The van der Waals surface area contributed by atoms with Crippen LogP contribution in [-0.2, 0) is 0 Å². The van der Waals surface area contributed by atoms with Crippen molar-refractivity contribution in [2.45, 2.75) is 0 Å². The molecule has 0 saturated heterocycles. The van der Waals surface area contributed by atoms with E-state index in [1.165, 1.54) is 12.1 Å². The Labute approximate surface area is 121 Å². The minimum Gasteiger partial charge on any atom is -0.508 e. The van der Waals surface area contributed by atoms with Gasteiger partial charge < -0.3 is 10.4 Å². The van der Waals surface area contributed by atoms with Crippen LogP contribution in [0, 0.1) is 0 Å². The van der Waals surface area contributed by atoms with Gasteiger partial charge in [-0.3, -0.25) is 9.89 Å². The second-order valence-electron chi connectivity index (χ2n) is 4.55. The number of phenolic OH excluding ortho intramolecular Hbond substituents is 1. The second-order valence-corrected chi connectivity index (χ2v) is 4.55.